The Kier molecular flexibility index (Phi) is 4.22. The molecule has 1 nitrogen and oxygen atoms in total. The van der Waals surface area contributed by atoms with Gasteiger partial charge in [-0.25, -0.2) is 4.39 Å². The molecule has 0 saturated heterocycles. The van der Waals surface area contributed by atoms with Crippen LogP contribution < -0.4 is 5.73 Å². The van der Waals surface area contributed by atoms with E-state index in [1.807, 2.05) is 20.8 Å². The molecule has 2 N–H and O–H groups in total. The third-order valence-electron chi connectivity index (χ3n) is 3.97. The fourth-order valence-corrected chi connectivity index (χ4v) is 2.41. The second kappa shape index (κ2) is 5.00. The Hall–Kier alpha value is -0.890. The zero-order chi connectivity index (χ0) is 14.1. The summed E-state index contributed by atoms with van der Waals surface area (Å²) in [6, 6.07) is 4.23. The summed E-state index contributed by atoms with van der Waals surface area (Å²) in [6.07, 6.45) is 0.394. The molecule has 1 aromatic rings. The van der Waals surface area contributed by atoms with Crippen molar-refractivity contribution in [3.05, 3.63) is 34.4 Å². The largest absolute Gasteiger partial charge is 0.327 e. The molecular formula is C16H26FN. The van der Waals surface area contributed by atoms with Crippen molar-refractivity contribution in [1.29, 1.82) is 0 Å². The molecule has 0 heterocycles. The first-order chi connectivity index (χ1) is 8.10. The van der Waals surface area contributed by atoms with Gasteiger partial charge in [-0.15, -0.1) is 0 Å². The van der Waals surface area contributed by atoms with Crippen molar-refractivity contribution in [2.75, 3.05) is 6.54 Å². The summed E-state index contributed by atoms with van der Waals surface area (Å²) in [6.45, 7) is 12.0. The number of halogens is 1. The number of rotatable bonds is 3. The fourth-order valence-electron chi connectivity index (χ4n) is 2.41. The third-order valence-corrected chi connectivity index (χ3v) is 3.97. The molecule has 0 saturated carbocycles. The van der Waals surface area contributed by atoms with E-state index in [0.717, 1.165) is 16.7 Å². The quantitative estimate of drug-likeness (QED) is 0.867. The maximum Gasteiger partial charge on any atom is 0.132 e. The van der Waals surface area contributed by atoms with Crippen LogP contribution in [0.15, 0.2) is 12.1 Å². The Morgan fingerprint density at radius 3 is 1.83 bits per heavy atom. The Bertz CT molecular complexity index is 408. The summed E-state index contributed by atoms with van der Waals surface area (Å²) in [7, 11) is 0. The molecule has 0 radical (unpaired) electrons. The van der Waals surface area contributed by atoms with Crippen LogP contribution in [0.5, 0.6) is 0 Å². The van der Waals surface area contributed by atoms with E-state index in [2.05, 4.69) is 32.9 Å². The highest BCUT2D eigenvalue weighted by Crippen LogP contribution is 2.37. The standard InChI is InChI=1S/C16H26FN/c1-11-7-12(2)14(13(3)8-11)9-16(17,10-18)15(4,5)6/h7-8H,9-10,18H2,1-6H3. The highest BCUT2D eigenvalue weighted by atomic mass is 19.1. The van der Waals surface area contributed by atoms with Gasteiger partial charge < -0.3 is 5.73 Å². The van der Waals surface area contributed by atoms with E-state index in [0.29, 0.717) is 6.42 Å². The number of nitrogens with two attached hydrogens (primary N) is 1. The maximum absolute atomic E-state index is 15.0. The maximum atomic E-state index is 15.0. The van der Waals surface area contributed by atoms with Crippen LogP contribution in [0.1, 0.15) is 43.0 Å². The molecular weight excluding hydrogens is 225 g/mol. The van der Waals surface area contributed by atoms with Crippen LogP contribution in [0.4, 0.5) is 4.39 Å². The van der Waals surface area contributed by atoms with Crippen molar-refractivity contribution < 1.29 is 4.39 Å². The van der Waals surface area contributed by atoms with Crippen LogP contribution in [0.2, 0.25) is 0 Å². The van der Waals surface area contributed by atoms with Crippen LogP contribution in [0, 0.1) is 26.2 Å². The summed E-state index contributed by atoms with van der Waals surface area (Å²) in [4.78, 5) is 0. The summed E-state index contributed by atoms with van der Waals surface area (Å²) in [5.74, 6) is 0. The van der Waals surface area contributed by atoms with Crippen molar-refractivity contribution in [2.24, 2.45) is 11.1 Å². The van der Waals surface area contributed by atoms with E-state index in [4.69, 9.17) is 5.73 Å². The first-order valence-electron chi connectivity index (χ1n) is 6.56. The molecule has 1 atom stereocenters. The predicted octanol–water partition coefficient (Wildman–Crippen LogP) is 3.87. The summed E-state index contributed by atoms with van der Waals surface area (Å²) in [5, 5.41) is 0. The molecule has 2 heteroatoms. The Morgan fingerprint density at radius 1 is 1.06 bits per heavy atom. The minimum absolute atomic E-state index is 0.0588. The van der Waals surface area contributed by atoms with Gasteiger partial charge in [0, 0.05) is 13.0 Å². The smallest absolute Gasteiger partial charge is 0.132 e. The number of alkyl halides is 1. The van der Waals surface area contributed by atoms with Crippen molar-refractivity contribution in [2.45, 2.75) is 53.6 Å². The molecule has 0 amide bonds. The zero-order valence-corrected chi connectivity index (χ0v) is 12.5. The molecule has 1 rings (SSSR count). The van der Waals surface area contributed by atoms with Crippen molar-refractivity contribution in [3.8, 4) is 0 Å². The van der Waals surface area contributed by atoms with Crippen LogP contribution in [-0.4, -0.2) is 12.2 Å². The average Bonchev–Trinajstić information content (AvgIpc) is 2.21. The minimum atomic E-state index is -1.36. The lowest BCUT2D eigenvalue weighted by molar-refractivity contribution is 0.0379. The lowest BCUT2D eigenvalue weighted by atomic mass is 9.73. The predicted molar refractivity (Wildman–Crippen MR) is 76.7 cm³/mol. The number of benzene rings is 1. The van der Waals surface area contributed by atoms with E-state index < -0.39 is 11.1 Å². The molecule has 1 aromatic carbocycles. The van der Waals surface area contributed by atoms with Crippen LogP contribution in [0.3, 0.4) is 0 Å². The Labute approximate surface area is 111 Å². The molecule has 0 bridgehead atoms. The SMILES string of the molecule is Cc1cc(C)c(CC(F)(CN)C(C)(C)C)c(C)c1. The Balaban J connectivity index is 3.18. The summed E-state index contributed by atoms with van der Waals surface area (Å²) < 4.78 is 15.0. The summed E-state index contributed by atoms with van der Waals surface area (Å²) >= 11 is 0. The first kappa shape index (κ1) is 15.2. The van der Waals surface area contributed by atoms with Gasteiger partial charge in [-0.05, 0) is 42.9 Å². The van der Waals surface area contributed by atoms with Gasteiger partial charge in [0.05, 0.1) is 0 Å². The molecule has 0 spiro atoms. The van der Waals surface area contributed by atoms with Gasteiger partial charge in [-0.1, -0.05) is 38.5 Å². The number of hydrogen-bond donors (Lipinski definition) is 1. The van der Waals surface area contributed by atoms with E-state index in [1.54, 1.807) is 0 Å². The molecule has 0 aromatic heterocycles. The lowest BCUT2D eigenvalue weighted by Gasteiger charge is -2.37. The van der Waals surface area contributed by atoms with Crippen molar-refractivity contribution in [1.82, 2.24) is 0 Å². The van der Waals surface area contributed by atoms with Gasteiger partial charge in [-0.3, -0.25) is 0 Å². The van der Waals surface area contributed by atoms with E-state index in [1.165, 1.54) is 5.56 Å². The number of hydrogen-bond acceptors (Lipinski definition) is 1. The van der Waals surface area contributed by atoms with Gasteiger partial charge in [0.25, 0.3) is 0 Å². The number of aryl methyl sites for hydroxylation is 3. The molecule has 0 aliphatic heterocycles. The van der Waals surface area contributed by atoms with Gasteiger partial charge in [-0.2, -0.15) is 0 Å². The molecule has 18 heavy (non-hydrogen) atoms. The normalized spacial score (nSPS) is 15.6. The third kappa shape index (κ3) is 2.92. The molecule has 0 aliphatic rings. The highest BCUT2D eigenvalue weighted by molar-refractivity contribution is 5.38. The lowest BCUT2D eigenvalue weighted by Crippen LogP contribution is -2.47. The van der Waals surface area contributed by atoms with Crippen molar-refractivity contribution >= 4 is 0 Å². The molecule has 102 valence electrons. The van der Waals surface area contributed by atoms with Gasteiger partial charge in [0.15, 0.2) is 0 Å². The van der Waals surface area contributed by atoms with Gasteiger partial charge in [0.2, 0.25) is 0 Å². The molecule has 1 unspecified atom stereocenters. The van der Waals surface area contributed by atoms with Gasteiger partial charge in [0.1, 0.15) is 5.67 Å². The minimum Gasteiger partial charge on any atom is -0.327 e. The van der Waals surface area contributed by atoms with Crippen LogP contribution >= 0.6 is 0 Å². The van der Waals surface area contributed by atoms with Crippen LogP contribution in [-0.2, 0) is 6.42 Å². The highest BCUT2D eigenvalue weighted by Gasteiger charge is 2.41. The van der Waals surface area contributed by atoms with E-state index in [9.17, 15) is 0 Å². The molecule has 0 aliphatic carbocycles. The molecule has 0 fully saturated rings. The monoisotopic (exact) mass is 251 g/mol. The van der Waals surface area contributed by atoms with Gasteiger partial charge >= 0.3 is 0 Å². The van der Waals surface area contributed by atoms with Crippen LogP contribution in [0.25, 0.3) is 0 Å². The average molecular weight is 251 g/mol. The fraction of sp³-hybridized carbons (Fsp3) is 0.625. The second-order valence-corrected chi connectivity index (χ2v) is 6.47. The first-order valence-corrected chi connectivity index (χ1v) is 6.56. The topological polar surface area (TPSA) is 26.0 Å². The zero-order valence-electron chi connectivity index (χ0n) is 12.5. The second-order valence-electron chi connectivity index (χ2n) is 6.47. The van der Waals surface area contributed by atoms with E-state index in [-0.39, 0.29) is 6.54 Å². The summed E-state index contributed by atoms with van der Waals surface area (Å²) in [5.41, 5.74) is 8.52. The Morgan fingerprint density at radius 2 is 1.50 bits per heavy atom. The van der Waals surface area contributed by atoms with Crippen molar-refractivity contribution in [3.63, 3.8) is 0 Å². The van der Waals surface area contributed by atoms with E-state index >= 15 is 4.39 Å².